The fraction of sp³-hybridized carbons (Fsp3) is 0.250. The van der Waals surface area contributed by atoms with Gasteiger partial charge in [0.05, 0.1) is 12.9 Å². The SMILES string of the molecule is CCO/C=C/c1cc(C(F)(F)F)ncc1COc1cccc(Br)n1. The fourth-order valence-electron chi connectivity index (χ4n) is 1.77. The van der Waals surface area contributed by atoms with Crippen molar-refractivity contribution in [1.82, 2.24) is 9.97 Å². The molecule has 0 N–H and O–H groups in total. The van der Waals surface area contributed by atoms with Gasteiger partial charge in [0.2, 0.25) is 5.88 Å². The van der Waals surface area contributed by atoms with Crippen molar-refractivity contribution < 1.29 is 22.6 Å². The molecule has 0 aliphatic rings. The zero-order chi connectivity index (χ0) is 17.6. The summed E-state index contributed by atoms with van der Waals surface area (Å²) in [5, 5.41) is 0. The lowest BCUT2D eigenvalue weighted by atomic mass is 10.1. The van der Waals surface area contributed by atoms with Gasteiger partial charge in [0.1, 0.15) is 16.9 Å². The van der Waals surface area contributed by atoms with Crippen molar-refractivity contribution in [3.8, 4) is 5.88 Å². The second-order valence-corrected chi connectivity index (χ2v) is 5.42. The first-order chi connectivity index (χ1) is 11.4. The molecular formula is C16H14BrF3N2O2. The van der Waals surface area contributed by atoms with E-state index < -0.39 is 11.9 Å². The van der Waals surface area contributed by atoms with E-state index >= 15 is 0 Å². The van der Waals surface area contributed by atoms with Crippen LogP contribution in [0.25, 0.3) is 6.08 Å². The number of alkyl halides is 3. The third-order valence-corrected chi connectivity index (χ3v) is 3.33. The van der Waals surface area contributed by atoms with Gasteiger partial charge in [-0.05, 0) is 46.6 Å². The Kier molecular flexibility index (Phi) is 6.19. The van der Waals surface area contributed by atoms with Gasteiger partial charge in [-0.2, -0.15) is 13.2 Å². The number of hydrogen-bond donors (Lipinski definition) is 0. The van der Waals surface area contributed by atoms with Gasteiger partial charge in [-0.3, -0.25) is 4.98 Å². The van der Waals surface area contributed by atoms with Crippen molar-refractivity contribution in [1.29, 1.82) is 0 Å². The predicted octanol–water partition coefficient (Wildman–Crippen LogP) is 4.84. The van der Waals surface area contributed by atoms with Crippen molar-refractivity contribution in [3.63, 3.8) is 0 Å². The Balaban J connectivity index is 2.23. The van der Waals surface area contributed by atoms with E-state index in [1.807, 2.05) is 0 Å². The Hall–Kier alpha value is -2.09. The number of halogens is 4. The predicted molar refractivity (Wildman–Crippen MR) is 86.2 cm³/mol. The molecule has 2 heterocycles. The molecule has 0 saturated heterocycles. The number of pyridine rings is 2. The monoisotopic (exact) mass is 402 g/mol. The molecule has 0 radical (unpaired) electrons. The first-order valence-electron chi connectivity index (χ1n) is 6.99. The highest BCUT2D eigenvalue weighted by Gasteiger charge is 2.32. The van der Waals surface area contributed by atoms with Gasteiger partial charge in [0, 0.05) is 17.8 Å². The molecular weight excluding hydrogens is 389 g/mol. The number of hydrogen-bond acceptors (Lipinski definition) is 4. The summed E-state index contributed by atoms with van der Waals surface area (Å²) in [6, 6.07) is 6.09. The topological polar surface area (TPSA) is 44.2 Å². The van der Waals surface area contributed by atoms with Crippen LogP contribution in [0, 0.1) is 0 Å². The number of ether oxygens (including phenoxy) is 2. The minimum atomic E-state index is -4.51. The van der Waals surface area contributed by atoms with Gasteiger partial charge in [-0.15, -0.1) is 0 Å². The molecule has 4 nitrogen and oxygen atoms in total. The normalized spacial score (nSPS) is 11.7. The van der Waals surface area contributed by atoms with E-state index in [9.17, 15) is 13.2 Å². The van der Waals surface area contributed by atoms with Gasteiger partial charge in [-0.1, -0.05) is 6.07 Å². The second kappa shape index (κ2) is 8.14. The number of nitrogens with zero attached hydrogens (tertiary/aromatic N) is 2. The van der Waals surface area contributed by atoms with E-state index in [-0.39, 0.29) is 6.61 Å². The summed E-state index contributed by atoms with van der Waals surface area (Å²) in [6.45, 7) is 2.23. The van der Waals surface area contributed by atoms with Crippen molar-refractivity contribution >= 4 is 22.0 Å². The average Bonchev–Trinajstić information content (AvgIpc) is 2.53. The quantitative estimate of drug-likeness (QED) is 0.511. The van der Waals surface area contributed by atoms with Crippen LogP contribution in [-0.2, 0) is 17.5 Å². The molecule has 0 fully saturated rings. The molecule has 2 rings (SSSR count). The summed E-state index contributed by atoms with van der Waals surface area (Å²) in [6.07, 6.45) is -0.574. The molecule has 0 unspecified atom stereocenters. The second-order valence-electron chi connectivity index (χ2n) is 4.61. The Morgan fingerprint density at radius 3 is 2.75 bits per heavy atom. The molecule has 128 valence electrons. The zero-order valence-corrected chi connectivity index (χ0v) is 14.3. The van der Waals surface area contributed by atoms with E-state index in [0.717, 1.165) is 12.3 Å². The highest BCUT2D eigenvalue weighted by Crippen LogP contribution is 2.29. The summed E-state index contributed by atoms with van der Waals surface area (Å²) in [4.78, 5) is 7.56. The van der Waals surface area contributed by atoms with Crippen molar-refractivity contribution in [2.75, 3.05) is 6.61 Å². The van der Waals surface area contributed by atoms with Crippen molar-refractivity contribution in [3.05, 3.63) is 58.1 Å². The van der Waals surface area contributed by atoms with E-state index in [0.29, 0.717) is 28.2 Å². The molecule has 0 amide bonds. The van der Waals surface area contributed by atoms with Crippen LogP contribution in [0.1, 0.15) is 23.7 Å². The Morgan fingerprint density at radius 1 is 1.29 bits per heavy atom. The standard InChI is InChI=1S/C16H14BrF3N2O2/c1-2-23-7-6-11-8-13(16(18,19)20)21-9-12(11)10-24-15-5-3-4-14(17)22-15/h3-9H,2,10H2,1H3/b7-6+. The van der Waals surface area contributed by atoms with Crippen LogP contribution in [0.15, 0.2) is 41.3 Å². The lowest BCUT2D eigenvalue weighted by molar-refractivity contribution is -0.141. The van der Waals surface area contributed by atoms with E-state index in [4.69, 9.17) is 9.47 Å². The van der Waals surface area contributed by atoms with Gasteiger partial charge in [0.15, 0.2) is 0 Å². The minimum Gasteiger partial charge on any atom is -0.501 e. The van der Waals surface area contributed by atoms with E-state index in [1.165, 1.54) is 12.3 Å². The molecule has 0 aliphatic heterocycles. The lowest BCUT2D eigenvalue weighted by Crippen LogP contribution is -2.10. The minimum absolute atomic E-state index is 0.0282. The molecule has 2 aromatic heterocycles. The molecule has 0 aromatic carbocycles. The van der Waals surface area contributed by atoms with Crippen LogP contribution in [0.3, 0.4) is 0 Å². The first kappa shape index (κ1) is 18.3. The van der Waals surface area contributed by atoms with Crippen LogP contribution in [0.2, 0.25) is 0 Å². The summed E-state index contributed by atoms with van der Waals surface area (Å²) in [5.74, 6) is 0.351. The van der Waals surface area contributed by atoms with Crippen LogP contribution >= 0.6 is 15.9 Å². The van der Waals surface area contributed by atoms with Crippen LogP contribution in [0.4, 0.5) is 13.2 Å². The molecule has 0 spiro atoms. The van der Waals surface area contributed by atoms with E-state index in [2.05, 4.69) is 25.9 Å². The maximum Gasteiger partial charge on any atom is 0.433 e. The van der Waals surface area contributed by atoms with Crippen LogP contribution < -0.4 is 4.74 Å². The molecule has 0 bridgehead atoms. The average molecular weight is 403 g/mol. The van der Waals surface area contributed by atoms with E-state index in [1.54, 1.807) is 25.1 Å². The van der Waals surface area contributed by atoms with Crippen LogP contribution in [0.5, 0.6) is 5.88 Å². The van der Waals surface area contributed by atoms with Gasteiger partial charge >= 0.3 is 6.18 Å². The van der Waals surface area contributed by atoms with Gasteiger partial charge in [0.25, 0.3) is 0 Å². The zero-order valence-electron chi connectivity index (χ0n) is 12.7. The lowest BCUT2D eigenvalue weighted by Gasteiger charge is -2.11. The number of rotatable bonds is 6. The fourth-order valence-corrected chi connectivity index (χ4v) is 2.10. The summed E-state index contributed by atoms with van der Waals surface area (Å²) < 4.78 is 49.6. The van der Waals surface area contributed by atoms with Crippen molar-refractivity contribution in [2.45, 2.75) is 19.7 Å². The van der Waals surface area contributed by atoms with Gasteiger partial charge in [-0.25, -0.2) is 4.98 Å². The summed E-state index contributed by atoms with van der Waals surface area (Å²) in [5.41, 5.74) is -0.163. The third kappa shape index (κ3) is 5.23. The molecule has 2 aromatic rings. The summed E-state index contributed by atoms with van der Waals surface area (Å²) >= 11 is 3.22. The van der Waals surface area contributed by atoms with Crippen LogP contribution in [-0.4, -0.2) is 16.6 Å². The maximum atomic E-state index is 12.8. The smallest absolute Gasteiger partial charge is 0.433 e. The molecule has 0 atom stereocenters. The molecule has 0 saturated carbocycles. The Bertz CT molecular complexity index is 721. The Morgan fingerprint density at radius 2 is 2.08 bits per heavy atom. The van der Waals surface area contributed by atoms with Gasteiger partial charge < -0.3 is 9.47 Å². The Labute approximate surface area is 145 Å². The first-order valence-corrected chi connectivity index (χ1v) is 7.79. The largest absolute Gasteiger partial charge is 0.501 e. The maximum absolute atomic E-state index is 12.8. The summed E-state index contributed by atoms with van der Waals surface area (Å²) in [7, 11) is 0. The highest BCUT2D eigenvalue weighted by molar-refractivity contribution is 9.10. The molecule has 8 heteroatoms. The molecule has 24 heavy (non-hydrogen) atoms. The molecule has 0 aliphatic carbocycles. The third-order valence-electron chi connectivity index (χ3n) is 2.89. The van der Waals surface area contributed by atoms with Crippen molar-refractivity contribution in [2.24, 2.45) is 0 Å². The number of aromatic nitrogens is 2. The highest BCUT2D eigenvalue weighted by atomic mass is 79.9.